The molecule has 0 radical (unpaired) electrons. The van der Waals surface area contributed by atoms with E-state index in [1.807, 2.05) is 41.0 Å². The van der Waals surface area contributed by atoms with Crippen molar-refractivity contribution in [1.29, 1.82) is 0 Å². The number of carbonyl (C=O) groups excluding carboxylic acids is 2. The first-order valence-corrected chi connectivity index (χ1v) is 10.4. The Morgan fingerprint density at radius 2 is 1.53 bits per heavy atom. The third-order valence-electron chi connectivity index (χ3n) is 4.81. The fourth-order valence-electron chi connectivity index (χ4n) is 3.41. The monoisotopic (exact) mass is 416 g/mol. The van der Waals surface area contributed by atoms with E-state index in [4.69, 9.17) is 4.42 Å². The van der Waals surface area contributed by atoms with Crippen LogP contribution in [0, 0.1) is 0 Å². The molecular formula is C22H16N4O3S. The second-order valence-electron chi connectivity index (χ2n) is 6.61. The molecule has 3 heterocycles. The number of para-hydroxylation sites is 1. The molecule has 0 spiro atoms. The van der Waals surface area contributed by atoms with Crippen molar-refractivity contribution in [2.24, 2.45) is 0 Å². The van der Waals surface area contributed by atoms with Gasteiger partial charge < -0.3 is 4.42 Å². The number of rotatable bonds is 6. The lowest BCUT2D eigenvalue weighted by Gasteiger charge is -2.13. The van der Waals surface area contributed by atoms with Gasteiger partial charge in [-0.15, -0.1) is 10.2 Å². The second-order valence-corrected chi connectivity index (χ2v) is 7.67. The fraction of sp³-hybridized carbons (Fsp3) is 0.0909. The Balaban J connectivity index is 1.38. The summed E-state index contributed by atoms with van der Waals surface area (Å²) >= 11 is 1.43. The molecule has 1 aliphatic heterocycles. The van der Waals surface area contributed by atoms with Gasteiger partial charge in [-0.3, -0.25) is 19.1 Å². The number of fused-ring (bicyclic) bond motifs is 1. The first kappa shape index (κ1) is 18.4. The molecule has 2 aromatic carbocycles. The smallest absolute Gasteiger partial charge is 0.261 e. The Labute approximate surface area is 176 Å². The maximum Gasteiger partial charge on any atom is 0.261 e. The minimum atomic E-state index is -0.253. The molecular weight excluding hydrogens is 400 g/mol. The molecule has 0 N–H and O–H groups in total. The zero-order chi connectivity index (χ0) is 20.5. The van der Waals surface area contributed by atoms with Crippen molar-refractivity contribution >= 4 is 23.6 Å². The van der Waals surface area contributed by atoms with Crippen molar-refractivity contribution in [1.82, 2.24) is 19.7 Å². The van der Waals surface area contributed by atoms with Crippen LogP contribution in [-0.2, 0) is 0 Å². The average Bonchev–Trinajstić information content (AvgIpc) is 3.50. The number of imide groups is 1. The quantitative estimate of drug-likeness (QED) is 0.350. The van der Waals surface area contributed by atoms with E-state index in [1.54, 1.807) is 36.6 Å². The number of furan rings is 1. The number of amides is 2. The lowest BCUT2D eigenvalue weighted by Crippen LogP contribution is -2.31. The van der Waals surface area contributed by atoms with Crippen LogP contribution in [0.25, 0.3) is 17.3 Å². The van der Waals surface area contributed by atoms with Crippen molar-refractivity contribution in [3.8, 4) is 17.3 Å². The van der Waals surface area contributed by atoms with Crippen molar-refractivity contribution in [3.05, 3.63) is 84.1 Å². The van der Waals surface area contributed by atoms with E-state index in [0.29, 0.717) is 33.6 Å². The Morgan fingerprint density at radius 3 is 2.20 bits per heavy atom. The van der Waals surface area contributed by atoms with Gasteiger partial charge in [0.05, 0.1) is 17.4 Å². The molecule has 2 aromatic heterocycles. The third kappa shape index (κ3) is 3.11. The van der Waals surface area contributed by atoms with Crippen LogP contribution in [0.3, 0.4) is 0 Å². The van der Waals surface area contributed by atoms with Crippen LogP contribution in [-0.4, -0.2) is 43.8 Å². The maximum absolute atomic E-state index is 12.5. The number of thioether (sulfide) groups is 1. The molecule has 2 amide bonds. The minimum Gasteiger partial charge on any atom is -0.461 e. The molecule has 30 heavy (non-hydrogen) atoms. The van der Waals surface area contributed by atoms with Gasteiger partial charge in [0.2, 0.25) is 5.82 Å². The van der Waals surface area contributed by atoms with E-state index >= 15 is 0 Å². The Kier molecular flexibility index (Phi) is 4.68. The van der Waals surface area contributed by atoms with Gasteiger partial charge in [0.1, 0.15) is 0 Å². The number of nitrogens with zero attached hydrogens (tertiary/aromatic N) is 4. The van der Waals surface area contributed by atoms with Gasteiger partial charge in [0.15, 0.2) is 10.9 Å². The molecule has 0 aliphatic carbocycles. The number of hydrogen-bond donors (Lipinski definition) is 0. The van der Waals surface area contributed by atoms with Crippen LogP contribution in [0.1, 0.15) is 20.7 Å². The minimum absolute atomic E-state index is 0.253. The number of hydrogen-bond acceptors (Lipinski definition) is 6. The standard InChI is InChI=1S/C22H16N4O3S/c27-20-16-9-4-5-10-17(16)21(28)25(20)12-14-30-22-24-23-19(18-11-6-13-29-18)26(22)15-7-2-1-3-8-15/h1-11,13H,12,14H2. The second kappa shape index (κ2) is 7.64. The molecule has 0 saturated heterocycles. The lowest BCUT2D eigenvalue weighted by molar-refractivity contribution is 0.0664. The number of aromatic nitrogens is 3. The van der Waals surface area contributed by atoms with Crippen LogP contribution in [0.2, 0.25) is 0 Å². The van der Waals surface area contributed by atoms with Crippen molar-refractivity contribution < 1.29 is 14.0 Å². The summed E-state index contributed by atoms with van der Waals surface area (Å²) < 4.78 is 7.42. The molecule has 0 saturated carbocycles. The van der Waals surface area contributed by atoms with Crippen LogP contribution < -0.4 is 0 Å². The summed E-state index contributed by atoms with van der Waals surface area (Å²) in [6.07, 6.45) is 1.59. The number of benzene rings is 2. The van der Waals surface area contributed by atoms with E-state index < -0.39 is 0 Å². The van der Waals surface area contributed by atoms with Gasteiger partial charge in [-0.05, 0) is 36.4 Å². The predicted octanol–water partition coefficient (Wildman–Crippen LogP) is 3.92. The molecule has 4 aromatic rings. The van der Waals surface area contributed by atoms with Gasteiger partial charge in [-0.25, -0.2) is 0 Å². The van der Waals surface area contributed by atoms with Gasteiger partial charge in [0.25, 0.3) is 11.8 Å². The third-order valence-corrected chi connectivity index (χ3v) is 5.72. The highest BCUT2D eigenvalue weighted by Crippen LogP contribution is 2.29. The summed E-state index contributed by atoms with van der Waals surface area (Å²) in [6, 6.07) is 20.3. The summed E-state index contributed by atoms with van der Waals surface area (Å²) in [7, 11) is 0. The van der Waals surface area contributed by atoms with Crippen molar-refractivity contribution in [2.45, 2.75) is 5.16 Å². The lowest BCUT2D eigenvalue weighted by atomic mass is 10.1. The van der Waals surface area contributed by atoms with Crippen LogP contribution in [0.15, 0.2) is 82.6 Å². The van der Waals surface area contributed by atoms with Crippen molar-refractivity contribution in [3.63, 3.8) is 0 Å². The molecule has 1 aliphatic rings. The summed E-state index contributed by atoms with van der Waals surface area (Å²) in [5, 5.41) is 9.27. The maximum atomic E-state index is 12.5. The van der Waals surface area contributed by atoms with E-state index in [0.717, 1.165) is 5.69 Å². The van der Waals surface area contributed by atoms with E-state index in [-0.39, 0.29) is 18.4 Å². The summed E-state index contributed by atoms with van der Waals surface area (Å²) in [6.45, 7) is 0.286. The topological polar surface area (TPSA) is 81.2 Å². The Morgan fingerprint density at radius 1 is 0.833 bits per heavy atom. The molecule has 0 unspecified atom stereocenters. The molecule has 0 atom stereocenters. The zero-order valence-electron chi connectivity index (χ0n) is 15.8. The first-order valence-electron chi connectivity index (χ1n) is 9.37. The molecule has 7 nitrogen and oxygen atoms in total. The SMILES string of the molecule is O=C1c2ccccc2C(=O)N1CCSc1nnc(-c2ccco2)n1-c1ccccc1. The van der Waals surface area contributed by atoms with Crippen LogP contribution in [0.5, 0.6) is 0 Å². The normalized spacial score (nSPS) is 13.1. The van der Waals surface area contributed by atoms with Crippen molar-refractivity contribution in [2.75, 3.05) is 12.3 Å². The van der Waals surface area contributed by atoms with Gasteiger partial charge in [0, 0.05) is 18.0 Å². The summed E-state index contributed by atoms with van der Waals surface area (Å²) in [4.78, 5) is 26.4. The van der Waals surface area contributed by atoms with E-state index in [1.165, 1.54) is 16.7 Å². The first-order chi connectivity index (χ1) is 14.7. The summed E-state index contributed by atoms with van der Waals surface area (Å²) in [5.74, 6) is 1.19. The Hall–Kier alpha value is -3.65. The Bertz CT molecular complexity index is 1180. The van der Waals surface area contributed by atoms with E-state index in [9.17, 15) is 9.59 Å². The van der Waals surface area contributed by atoms with E-state index in [2.05, 4.69) is 10.2 Å². The van der Waals surface area contributed by atoms with Crippen LogP contribution >= 0.6 is 11.8 Å². The highest BCUT2D eigenvalue weighted by Gasteiger charge is 2.34. The molecule has 148 valence electrons. The molecule has 5 rings (SSSR count). The highest BCUT2D eigenvalue weighted by molar-refractivity contribution is 7.99. The average molecular weight is 416 g/mol. The molecule has 0 fully saturated rings. The molecule has 0 bridgehead atoms. The van der Waals surface area contributed by atoms with Gasteiger partial charge in [-0.1, -0.05) is 42.1 Å². The molecule has 8 heteroatoms. The van der Waals surface area contributed by atoms with Crippen LogP contribution in [0.4, 0.5) is 0 Å². The predicted molar refractivity (Wildman–Crippen MR) is 112 cm³/mol. The number of carbonyl (C=O) groups is 2. The largest absolute Gasteiger partial charge is 0.461 e. The highest BCUT2D eigenvalue weighted by atomic mass is 32.2. The zero-order valence-corrected chi connectivity index (χ0v) is 16.6. The fourth-order valence-corrected chi connectivity index (χ4v) is 4.29. The summed E-state index contributed by atoms with van der Waals surface area (Å²) in [5.41, 5.74) is 1.82. The van der Waals surface area contributed by atoms with Gasteiger partial charge in [-0.2, -0.15) is 0 Å². The van der Waals surface area contributed by atoms with Gasteiger partial charge >= 0.3 is 0 Å².